The Morgan fingerprint density at radius 2 is 1.63 bits per heavy atom. The minimum atomic E-state index is -0.234. The van der Waals surface area contributed by atoms with Crippen LogP contribution in [0.15, 0.2) is 59.7 Å². The molecule has 152 valence electrons. The Balaban J connectivity index is 1.22. The quantitative estimate of drug-likeness (QED) is 0.384. The van der Waals surface area contributed by atoms with Crippen LogP contribution in [0, 0.1) is 23.7 Å². The summed E-state index contributed by atoms with van der Waals surface area (Å²) in [6, 6.07) is 12.6. The molecule has 2 fully saturated rings. The van der Waals surface area contributed by atoms with E-state index in [0.717, 1.165) is 22.6 Å². The molecule has 0 aromatic heterocycles. The Labute approximate surface area is 183 Å². The van der Waals surface area contributed by atoms with Crippen LogP contribution >= 0.6 is 23.2 Å². The maximum absolute atomic E-state index is 12.6. The number of allylic oxidation sites excluding steroid dienone is 2. The Kier molecular flexibility index (Phi) is 4.88. The Bertz CT molecular complexity index is 1050. The van der Waals surface area contributed by atoms with E-state index in [0.29, 0.717) is 22.4 Å². The number of fused-ring (bicyclic) bond motifs is 5. The van der Waals surface area contributed by atoms with Crippen molar-refractivity contribution in [3.05, 3.63) is 75.8 Å². The standard InChI is InChI=1S/C23H18Cl2N2O3/c24-18-8-3-14(9-19(18)25)12-30-17-6-1-13(2-7-17)11-26-27-22(28)20-15-4-5-16(10-15)21(20)23(27)29/h1-9,11,15-16,20-21H,10,12H2. The van der Waals surface area contributed by atoms with Crippen LogP contribution in [-0.2, 0) is 16.2 Å². The van der Waals surface area contributed by atoms with Gasteiger partial charge in [0.1, 0.15) is 12.4 Å². The summed E-state index contributed by atoms with van der Waals surface area (Å²) in [7, 11) is 0. The number of hydrazone groups is 1. The molecule has 2 aromatic carbocycles. The third-order valence-electron chi connectivity index (χ3n) is 6.04. The molecule has 1 heterocycles. The molecular weight excluding hydrogens is 423 g/mol. The summed E-state index contributed by atoms with van der Waals surface area (Å²) in [5.41, 5.74) is 1.69. The fourth-order valence-corrected chi connectivity index (χ4v) is 4.89. The van der Waals surface area contributed by atoms with E-state index >= 15 is 0 Å². The lowest BCUT2D eigenvalue weighted by Gasteiger charge is -2.13. The lowest BCUT2D eigenvalue weighted by molar-refractivity contribution is -0.140. The van der Waals surface area contributed by atoms with Gasteiger partial charge in [0.2, 0.25) is 0 Å². The Hall–Kier alpha value is -2.63. The van der Waals surface area contributed by atoms with E-state index in [-0.39, 0.29) is 35.5 Å². The van der Waals surface area contributed by atoms with Gasteiger partial charge in [-0.1, -0.05) is 41.4 Å². The number of rotatable bonds is 5. The largest absolute Gasteiger partial charge is 0.489 e. The zero-order valence-electron chi connectivity index (χ0n) is 15.9. The molecule has 1 aliphatic heterocycles. The minimum absolute atomic E-state index is 0.181. The molecule has 30 heavy (non-hydrogen) atoms. The molecule has 4 atom stereocenters. The first-order valence-electron chi connectivity index (χ1n) is 9.78. The molecule has 0 radical (unpaired) electrons. The van der Waals surface area contributed by atoms with Gasteiger partial charge in [0.05, 0.1) is 28.1 Å². The van der Waals surface area contributed by atoms with Gasteiger partial charge in [0.15, 0.2) is 0 Å². The van der Waals surface area contributed by atoms with Gasteiger partial charge in [-0.05, 0) is 65.8 Å². The van der Waals surface area contributed by atoms with Crippen molar-refractivity contribution in [2.24, 2.45) is 28.8 Å². The molecule has 3 aliphatic rings. The molecule has 0 N–H and O–H groups in total. The molecule has 4 unspecified atom stereocenters. The minimum Gasteiger partial charge on any atom is -0.489 e. The van der Waals surface area contributed by atoms with Gasteiger partial charge in [0, 0.05) is 0 Å². The van der Waals surface area contributed by atoms with Crippen LogP contribution in [-0.4, -0.2) is 23.0 Å². The van der Waals surface area contributed by atoms with Crippen LogP contribution in [0.3, 0.4) is 0 Å². The van der Waals surface area contributed by atoms with Crippen LogP contribution in [0.5, 0.6) is 5.75 Å². The molecule has 2 amide bonds. The van der Waals surface area contributed by atoms with Crippen LogP contribution in [0.4, 0.5) is 0 Å². The van der Waals surface area contributed by atoms with E-state index in [9.17, 15) is 9.59 Å². The summed E-state index contributed by atoms with van der Waals surface area (Å²) >= 11 is 11.9. The maximum Gasteiger partial charge on any atom is 0.254 e. The average molecular weight is 441 g/mol. The highest BCUT2D eigenvalue weighted by Gasteiger charge is 2.59. The van der Waals surface area contributed by atoms with E-state index in [1.165, 1.54) is 6.21 Å². The molecule has 5 nitrogen and oxygen atoms in total. The fraction of sp³-hybridized carbons (Fsp3) is 0.261. The highest BCUT2D eigenvalue weighted by molar-refractivity contribution is 6.42. The van der Waals surface area contributed by atoms with Gasteiger partial charge >= 0.3 is 0 Å². The molecule has 0 spiro atoms. The first-order chi connectivity index (χ1) is 14.5. The van der Waals surface area contributed by atoms with E-state index < -0.39 is 0 Å². The van der Waals surface area contributed by atoms with E-state index in [4.69, 9.17) is 27.9 Å². The molecule has 7 heteroatoms. The van der Waals surface area contributed by atoms with Crippen molar-refractivity contribution in [2.75, 3.05) is 0 Å². The number of amides is 2. The Morgan fingerprint density at radius 1 is 0.967 bits per heavy atom. The molecular formula is C23H18Cl2N2O3. The maximum atomic E-state index is 12.6. The van der Waals surface area contributed by atoms with Crippen molar-refractivity contribution in [1.82, 2.24) is 5.01 Å². The molecule has 1 saturated heterocycles. The highest BCUT2D eigenvalue weighted by atomic mass is 35.5. The number of carbonyl (C=O) groups excluding carboxylic acids is 2. The van der Waals surface area contributed by atoms with Crippen molar-refractivity contribution < 1.29 is 14.3 Å². The van der Waals surface area contributed by atoms with Crippen molar-refractivity contribution in [1.29, 1.82) is 0 Å². The molecule has 1 saturated carbocycles. The third kappa shape index (κ3) is 3.32. The second-order valence-corrected chi connectivity index (χ2v) is 8.65. The van der Waals surface area contributed by atoms with Crippen LogP contribution in [0.1, 0.15) is 17.5 Å². The van der Waals surface area contributed by atoms with Gasteiger partial charge in [-0.25, -0.2) is 0 Å². The summed E-state index contributed by atoms with van der Waals surface area (Å²) in [5.74, 6) is 0.221. The van der Waals surface area contributed by atoms with Crippen molar-refractivity contribution >= 4 is 41.2 Å². The van der Waals surface area contributed by atoms with E-state index in [1.54, 1.807) is 12.1 Å². The predicted octanol–water partition coefficient (Wildman–Crippen LogP) is 4.71. The second-order valence-electron chi connectivity index (χ2n) is 7.84. The zero-order valence-corrected chi connectivity index (χ0v) is 17.4. The SMILES string of the molecule is O=C1C2C3C=CC(C3)C2C(=O)N1N=Cc1ccc(OCc2ccc(Cl)c(Cl)c2)cc1. The number of imide groups is 1. The van der Waals surface area contributed by atoms with E-state index in [2.05, 4.69) is 17.3 Å². The van der Waals surface area contributed by atoms with Crippen LogP contribution < -0.4 is 4.74 Å². The lowest BCUT2D eigenvalue weighted by Crippen LogP contribution is -2.28. The van der Waals surface area contributed by atoms with Gasteiger partial charge in [-0.3, -0.25) is 9.59 Å². The number of halogens is 2. The van der Waals surface area contributed by atoms with Gasteiger partial charge in [-0.2, -0.15) is 10.1 Å². The number of hydrogen-bond donors (Lipinski definition) is 0. The summed E-state index contributed by atoms with van der Waals surface area (Å²) in [4.78, 5) is 25.3. The molecule has 2 bridgehead atoms. The molecule has 2 aliphatic carbocycles. The van der Waals surface area contributed by atoms with E-state index in [1.807, 2.05) is 30.3 Å². The van der Waals surface area contributed by atoms with Gasteiger partial charge in [-0.15, -0.1) is 0 Å². The molecule has 5 rings (SSSR count). The number of carbonyl (C=O) groups is 2. The monoisotopic (exact) mass is 440 g/mol. The zero-order chi connectivity index (χ0) is 20.8. The lowest BCUT2D eigenvalue weighted by atomic mass is 9.85. The van der Waals surface area contributed by atoms with Crippen LogP contribution in [0.25, 0.3) is 0 Å². The van der Waals surface area contributed by atoms with Crippen molar-refractivity contribution in [3.8, 4) is 5.75 Å². The first kappa shape index (κ1) is 19.3. The first-order valence-corrected chi connectivity index (χ1v) is 10.5. The highest BCUT2D eigenvalue weighted by Crippen LogP contribution is 2.52. The van der Waals surface area contributed by atoms with Gasteiger partial charge < -0.3 is 4.74 Å². The summed E-state index contributed by atoms with van der Waals surface area (Å²) in [5, 5.41) is 6.24. The summed E-state index contributed by atoms with van der Waals surface area (Å²) in [6.45, 7) is 0.361. The average Bonchev–Trinajstić information content (AvgIpc) is 3.43. The third-order valence-corrected chi connectivity index (χ3v) is 6.78. The van der Waals surface area contributed by atoms with Crippen molar-refractivity contribution in [3.63, 3.8) is 0 Å². The second kappa shape index (κ2) is 7.56. The smallest absolute Gasteiger partial charge is 0.254 e. The van der Waals surface area contributed by atoms with Gasteiger partial charge in [0.25, 0.3) is 11.8 Å². The molecule has 2 aromatic rings. The fourth-order valence-electron chi connectivity index (χ4n) is 4.57. The normalized spacial score (nSPS) is 26.8. The number of hydrogen-bond acceptors (Lipinski definition) is 4. The van der Waals surface area contributed by atoms with Crippen LogP contribution in [0.2, 0.25) is 10.0 Å². The predicted molar refractivity (Wildman–Crippen MR) is 114 cm³/mol. The topological polar surface area (TPSA) is 59.0 Å². The summed E-state index contributed by atoms with van der Waals surface area (Å²) < 4.78 is 5.76. The summed E-state index contributed by atoms with van der Waals surface area (Å²) in [6.07, 6.45) is 6.59. The number of ether oxygens (including phenoxy) is 1. The van der Waals surface area contributed by atoms with Crippen molar-refractivity contribution in [2.45, 2.75) is 13.0 Å². The number of benzene rings is 2. The Morgan fingerprint density at radius 3 is 2.27 bits per heavy atom. The number of nitrogens with zero attached hydrogens (tertiary/aromatic N) is 2.